The normalized spacial score (nSPS) is 11.3. The summed E-state index contributed by atoms with van der Waals surface area (Å²) in [5.74, 6) is -3.00. The second kappa shape index (κ2) is 6.49. The Labute approximate surface area is 149 Å². The van der Waals surface area contributed by atoms with Crippen molar-refractivity contribution in [2.45, 2.75) is 20.3 Å². The average Bonchev–Trinajstić information content (AvgIpc) is 3.13. The Bertz CT molecular complexity index is 1040. The smallest absolute Gasteiger partial charge is 0.308 e. The molecule has 1 aromatic carbocycles. The number of carbonyl (C=O) groups is 2. The van der Waals surface area contributed by atoms with Crippen LogP contribution in [0.15, 0.2) is 24.3 Å². The molecule has 0 atom stereocenters. The number of thiophene rings is 1. The van der Waals surface area contributed by atoms with Crippen LogP contribution in [0.3, 0.4) is 0 Å². The van der Waals surface area contributed by atoms with Gasteiger partial charge in [-0.3, -0.25) is 14.2 Å². The van der Waals surface area contributed by atoms with Crippen LogP contribution in [0.25, 0.3) is 10.9 Å². The Morgan fingerprint density at radius 3 is 2.54 bits per heavy atom. The van der Waals surface area contributed by atoms with Crippen LogP contribution in [-0.2, 0) is 4.79 Å². The molecule has 9 heteroatoms. The number of carbonyl (C=O) groups excluding carboxylic acids is 2. The molecule has 0 aliphatic rings. The number of fused-ring (bicyclic) bond motifs is 1. The van der Waals surface area contributed by atoms with E-state index in [2.05, 4.69) is 0 Å². The van der Waals surface area contributed by atoms with E-state index in [4.69, 9.17) is 4.74 Å². The monoisotopic (exact) mass is 383 g/mol. The van der Waals surface area contributed by atoms with Gasteiger partial charge in [0.25, 0.3) is 12.3 Å². The maximum Gasteiger partial charge on any atom is 0.308 e. The van der Waals surface area contributed by atoms with Crippen molar-refractivity contribution in [3.8, 4) is 11.5 Å². The van der Waals surface area contributed by atoms with E-state index >= 15 is 0 Å². The summed E-state index contributed by atoms with van der Waals surface area (Å²) in [5.41, 5.74) is 0.225. The predicted molar refractivity (Wildman–Crippen MR) is 88.6 cm³/mol. The lowest BCUT2D eigenvalue weighted by molar-refractivity contribution is -0.131. The van der Waals surface area contributed by atoms with E-state index in [1.165, 1.54) is 13.0 Å². The van der Waals surface area contributed by atoms with Crippen molar-refractivity contribution in [3.05, 3.63) is 45.5 Å². The Morgan fingerprint density at radius 2 is 1.96 bits per heavy atom. The number of phenols is 1. The summed E-state index contributed by atoms with van der Waals surface area (Å²) in [6.45, 7) is 2.62. The highest BCUT2D eigenvalue weighted by atomic mass is 32.1. The number of hydrogen-bond acceptors (Lipinski definition) is 5. The molecular formula is C17H12F3NO4S. The summed E-state index contributed by atoms with van der Waals surface area (Å²) < 4.78 is 45.6. The topological polar surface area (TPSA) is 68.5 Å². The second-order valence-electron chi connectivity index (χ2n) is 5.47. The van der Waals surface area contributed by atoms with Gasteiger partial charge in [-0.2, -0.15) is 0 Å². The largest absolute Gasteiger partial charge is 0.505 e. The summed E-state index contributed by atoms with van der Waals surface area (Å²) >= 11 is 0.620. The van der Waals surface area contributed by atoms with E-state index in [0.29, 0.717) is 11.3 Å². The summed E-state index contributed by atoms with van der Waals surface area (Å²) in [7, 11) is 0. The molecule has 2 heterocycles. The summed E-state index contributed by atoms with van der Waals surface area (Å²) in [6, 6.07) is 4.36. The van der Waals surface area contributed by atoms with Gasteiger partial charge in [-0.25, -0.2) is 13.2 Å². The second-order valence-corrected chi connectivity index (χ2v) is 6.59. The van der Waals surface area contributed by atoms with Gasteiger partial charge in [0.05, 0.1) is 21.0 Å². The van der Waals surface area contributed by atoms with Crippen LogP contribution in [-0.4, -0.2) is 21.6 Å². The van der Waals surface area contributed by atoms with Crippen LogP contribution in [0.1, 0.15) is 33.6 Å². The Morgan fingerprint density at radius 1 is 1.27 bits per heavy atom. The van der Waals surface area contributed by atoms with Crippen LogP contribution in [0.2, 0.25) is 0 Å². The fourth-order valence-electron chi connectivity index (χ4n) is 2.62. The minimum absolute atomic E-state index is 0.0122. The molecule has 5 nitrogen and oxygen atoms in total. The van der Waals surface area contributed by atoms with Gasteiger partial charge in [0.2, 0.25) is 0 Å². The van der Waals surface area contributed by atoms with Gasteiger partial charge in [-0.1, -0.05) is 0 Å². The van der Waals surface area contributed by atoms with Crippen molar-refractivity contribution in [2.75, 3.05) is 0 Å². The number of benzene rings is 1. The Hall–Kier alpha value is -2.81. The van der Waals surface area contributed by atoms with Crippen molar-refractivity contribution in [1.29, 1.82) is 0 Å². The van der Waals surface area contributed by atoms with Gasteiger partial charge < -0.3 is 9.84 Å². The summed E-state index contributed by atoms with van der Waals surface area (Å²) in [6.07, 6.45) is -2.71. The van der Waals surface area contributed by atoms with E-state index in [9.17, 15) is 27.9 Å². The molecule has 136 valence electrons. The number of nitrogens with zero attached hydrogens (tertiary/aromatic N) is 1. The number of halogens is 3. The summed E-state index contributed by atoms with van der Waals surface area (Å²) in [4.78, 5) is 23.9. The first kappa shape index (κ1) is 18.0. The maximum absolute atomic E-state index is 13.8. The van der Waals surface area contributed by atoms with Crippen molar-refractivity contribution >= 4 is 34.1 Å². The van der Waals surface area contributed by atoms with Crippen molar-refractivity contribution in [2.24, 2.45) is 0 Å². The van der Waals surface area contributed by atoms with E-state index < -0.39 is 29.9 Å². The fourth-order valence-corrected chi connectivity index (χ4v) is 3.42. The van der Waals surface area contributed by atoms with Crippen LogP contribution in [0.5, 0.6) is 11.5 Å². The quantitative estimate of drug-likeness (QED) is 0.681. The zero-order chi connectivity index (χ0) is 19.2. The van der Waals surface area contributed by atoms with Crippen LogP contribution < -0.4 is 4.74 Å². The molecule has 0 radical (unpaired) electrons. The first-order valence-corrected chi connectivity index (χ1v) is 8.17. The first-order chi connectivity index (χ1) is 12.2. The van der Waals surface area contributed by atoms with E-state index in [-0.39, 0.29) is 32.1 Å². The number of phenolic OH excluding ortho intramolecular Hbond substituents is 1. The highest BCUT2D eigenvalue weighted by Gasteiger charge is 2.25. The lowest BCUT2D eigenvalue weighted by Gasteiger charge is -2.05. The Kier molecular flexibility index (Phi) is 4.49. The molecule has 0 aliphatic heterocycles. The highest BCUT2D eigenvalue weighted by Crippen LogP contribution is 2.37. The minimum Gasteiger partial charge on any atom is -0.505 e. The van der Waals surface area contributed by atoms with Crippen molar-refractivity contribution in [3.63, 3.8) is 0 Å². The number of aromatic nitrogens is 1. The molecule has 0 spiro atoms. The number of alkyl halides is 2. The zero-order valence-electron chi connectivity index (χ0n) is 13.5. The number of rotatable bonds is 3. The van der Waals surface area contributed by atoms with Crippen LogP contribution in [0, 0.1) is 12.7 Å². The number of ether oxygens (including phenoxy) is 1. The highest BCUT2D eigenvalue weighted by molar-refractivity contribution is 7.14. The molecule has 0 aliphatic carbocycles. The van der Waals surface area contributed by atoms with Crippen LogP contribution in [0.4, 0.5) is 13.2 Å². The van der Waals surface area contributed by atoms with E-state index in [0.717, 1.165) is 29.7 Å². The summed E-state index contributed by atoms with van der Waals surface area (Å²) in [5, 5.41) is 9.75. The average molecular weight is 383 g/mol. The van der Waals surface area contributed by atoms with Crippen molar-refractivity contribution < 1.29 is 32.6 Å². The lowest BCUT2D eigenvalue weighted by atomic mass is 10.2. The predicted octanol–water partition coefficient (Wildman–Crippen LogP) is 4.41. The molecule has 26 heavy (non-hydrogen) atoms. The number of aromatic hydroxyl groups is 1. The van der Waals surface area contributed by atoms with E-state index in [1.54, 1.807) is 0 Å². The Balaban J connectivity index is 2.23. The van der Waals surface area contributed by atoms with Gasteiger partial charge in [0.15, 0.2) is 17.3 Å². The van der Waals surface area contributed by atoms with Crippen molar-refractivity contribution in [1.82, 2.24) is 4.57 Å². The van der Waals surface area contributed by atoms with Gasteiger partial charge in [0.1, 0.15) is 0 Å². The molecule has 3 rings (SSSR count). The third-order valence-corrected chi connectivity index (χ3v) is 4.80. The molecule has 0 saturated carbocycles. The van der Waals surface area contributed by atoms with E-state index in [1.807, 2.05) is 0 Å². The molecule has 0 bridgehead atoms. The lowest BCUT2D eigenvalue weighted by Crippen LogP contribution is -2.12. The molecule has 2 aromatic heterocycles. The molecular weight excluding hydrogens is 371 g/mol. The molecule has 0 saturated heterocycles. The fraction of sp³-hybridized carbons (Fsp3) is 0.176. The number of hydrogen-bond donors (Lipinski definition) is 1. The molecule has 1 N–H and O–H groups in total. The minimum atomic E-state index is -2.71. The molecule has 3 aromatic rings. The van der Waals surface area contributed by atoms with Gasteiger partial charge >= 0.3 is 5.97 Å². The van der Waals surface area contributed by atoms with Gasteiger partial charge in [-0.05, 0) is 25.1 Å². The maximum atomic E-state index is 13.8. The molecule has 0 amide bonds. The number of esters is 1. The van der Waals surface area contributed by atoms with Gasteiger partial charge in [0, 0.05) is 18.4 Å². The zero-order valence-corrected chi connectivity index (χ0v) is 14.4. The standard InChI is InChI=1S/C17H12F3NO4S/c1-7-15(25-8(2)22)9-5-12(23)10(18)6-11(9)21(7)17(24)14-4-3-13(26-14)16(19)20/h3-6,16,23H,1-2H3. The SMILES string of the molecule is CC(=O)Oc1c(C)n(C(=O)c2ccc(C(F)F)s2)c2cc(F)c(O)cc12. The van der Waals surface area contributed by atoms with Crippen LogP contribution >= 0.6 is 11.3 Å². The third kappa shape index (κ3) is 2.94. The third-order valence-electron chi connectivity index (χ3n) is 3.72. The van der Waals surface area contributed by atoms with Gasteiger partial charge in [-0.15, -0.1) is 11.3 Å². The molecule has 0 fully saturated rings. The molecule has 0 unspecified atom stereocenters. The first-order valence-electron chi connectivity index (χ1n) is 7.35.